The fraction of sp³-hybridized carbons (Fsp3) is 0.273. The third-order valence-electron chi connectivity index (χ3n) is 2.60. The van der Waals surface area contributed by atoms with E-state index in [0.717, 1.165) is 16.0 Å². The van der Waals surface area contributed by atoms with E-state index in [-0.39, 0.29) is 5.82 Å². The highest BCUT2D eigenvalue weighted by Gasteiger charge is 2.26. The molecule has 0 atom stereocenters. The molecule has 1 saturated carbocycles. The minimum atomic E-state index is -0.0746. The van der Waals surface area contributed by atoms with E-state index < -0.39 is 0 Å². The molecule has 66 valence electrons. The molecule has 13 heavy (non-hydrogen) atoms. The number of benzene rings is 1. The monoisotopic (exact) mass is 192 g/mol. The summed E-state index contributed by atoms with van der Waals surface area (Å²) >= 11 is 1.53. The Morgan fingerprint density at radius 1 is 1.31 bits per heavy atom. The minimum Gasteiger partial charge on any atom is -0.205 e. The molecule has 1 aromatic carbocycles. The molecule has 1 aliphatic rings. The molecular weight excluding hydrogens is 183 g/mol. The van der Waals surface area contributed by atoms with Gasteiger partial charge >= 0.3 is 0 Å². The normalized spacial score (nSPS) is 16.7. The van der Waals surface area contributed by atoms with Crippen LogP contribution in [0, 0.1) is 5.82 Å². The quantitative estimate of drug-likeness (QED) is 0.642. The lowest BCUT2D eigenvalue weighted by Crippen LogP contribution is -1.76. The second-order valence-corrected chi connectivity index (χ2v) is 4.46. The van der Waals surface area contributed by atoms with Crippen LogP contribution in [0.5, 0.6) is 0 Å². The maximum atomic E-state index is 13.3. The van der Waals surface area contributed by atoms with Crippen molar-refractivity contribution in [2.24, 2.45) is 0 Å². The number of thiophene rings is 1. The molecule has 0 bridgehead atoms. The Morgan fingerprint density at radius 2 is 2.15 bits per heavy atom. The first-order valence-corrected chi connectivity index (χ1v) is 5.40. The Labute approximate surface area is 80.0 Å². The van der Waals surface area contributed by atoms with Crippen molar-refractivity contribution >= 4 is 21.4 Å². The maximum absolute atomic E-state index is 13.3. The first-order chi connectivity index (χ1) is 6.36. The van der Waals surface area contributed by atoms with Crippen LogP contribution < -0.4 is 0 Å². The fourth-order valence-electron chi connectivity index (χ4n) is 1.75. The van der Waals surface area contributed by atoms with E-state index in [9.17, 15) is 4.39 Å². The van der Waals surface area contributed by atoms with Gasteiger partial charge in [0.1, 0.15) is 5.82 Å². The van der Waals surface area contributed by atoms with Crippen LogP contribution in [0.15, 0.2) is 23.6 Å². The molecule has 0 N–H and O–H groups in total. The van der Waals surface area contributed by atoms with Gasteiger partial charge in [-0.1, -0.05) is 12.1 Å². The van der Waals surface area contributed by atoms with E-state index in [2.05, 4.69) is 5.38 Å². The van der Waals surface area contributed by atoms with Crippen molar-refractivity contribution in [2.45, 2.75) is 18.8 Å². The van der Waals surface area contributed by atoms with Crippen LogP contribution in [-0.4, -0.2) is 0 Å². The van der Waals surface area contributed by atoms with E-state index in [1.54, 1.807) is 6.07 Å². The summed E-state index contributed by atoms with van der Waals surface area (Å²) in [5, 5.41) is 3.25. The molecule has 1 heterocycles. The van der Waals surface area contributed by atoms with Crippen molar-refractivity contribution < 1.29 is 4.39 Å². The predicted octanol–water partition coefficient (Wildman–Crippen LogP) is 3.92. The third-order valence-corrected chi connectivity index (χ3v) is 3.62. The minimum absolute atomic E-state index is 0.0746. The van der Waals surface area contributed by atoms with Crippen molar-refractivity contribution in [3.05, 3.63) is 35.0 Å². The largest absolute Gasteiger partial charge is 0.205 e. The maximum Gasteiger partial charge on any atom is 0.140 e. The Kier molecular flexibility index (Phi) is 1.47. The van der Waals surface area contributed by atoms with Gasteiger partial charge in [-0.2, -0.15) is 0 Å². The zero-order valence-corrected chi connectivity index (χ0v) is 7.90. The summed E-state index contributed by atoms with van der Waals surface area (Å²) in [6.45, 7) is 0. The Bertz CT molecular complexity index is 454. The Morgan fingerprint density at radius 3 is 2.92 bits per heavy atom. The highest BCUT2D eigenvalue weighted by molar-refractivity contribution is 7.17. The molecule has 1 aromatic heterocycles. The second-order valence-electron chi connectivity index (χ2n) is 3.58. The van der Waals surface area contributed by atoms with Crippen LogP contribution in [-0.2, 0) is 0 Å². The lowest BCUT2D eigenvalue weighted by Gasteiger charge is -1.94. The molecule has 0 aliphatic heterocycles. The summed E-state index contributed by atoms with van der Waals surface area (Å²) in [6.07, 6.45) is 2.56. The average Bonchev–Trinajstić information content (AvgIpc) is 2.87. The molecule has 0 spiro atoms. The Balaban J connectivity index is 2.32. The average molecular weight is 192 g/mol. The van der Waals surface area contributed by atoms with Gasteiger partial charge in [-0.05, 0) is 41.2 Å². The summed E-state index contributed by atoms with van der Waals surface area (Å²) in [6, 6.07) is 5.37. The van der Waals surface area contributed by atoms with Crippen LogP contribution in [0.1, 0.15) is 24.3 Å². The van der Waals surface area contributed by atoms with Crippen molar-refractivity contribution in [1.82, 2.24) is 0 Å². The smallest absolute Gasteiger partial charge is 0.140 e. The van der Waals surface area contributed by atoms with Crippen LogP contribution in [0.4, 0.5) is 4.39 Å². The predicted molar refractivity (Wildman–Crippen MR) is 53.8 cm³/mol. The van der Waals surface area contributed by atoms with Crippen molar-refractivity contribution in [3.8, 4) is 0 Å². The second kappa shape index (κ2) is 2.55. The van der Waals surface area contributed by atoms with Gasteiger partial charge in [0.2, 0.25) is 0 Å². The molecule has 2 heteroatoms. The molecule has 0 nitrogen and oxygen atoms in total. The lowest BCUT2D eigenvalue weighted by atomic mass is 10.1. The zero-order valence-electron chi connectivity index (χ0n) is 7.09. The number of hydrogen-bond donors (Lipinski definition) is 0. The Hall–Kier alpha value is -0.890. The van der Waals surface area contributed by atoms with Crippen molar-refractivity contribution in [3.63, 3.8) is 0 Å². The van der Waals surface area contributed by atoms with Crippen LogP contribution in [0.3, 0.4) is 0 Å². The van der Waals surface area contributed by atoms with E-state index in [1.807, 2.05) is 6.07 Å². The topological polar surface area (TPSA) is 0 Å². The number of fused-ring (bicyclic) bond motifs is 1. The van der Waals surface area contributed by atoms with Crippen LogP contribution >= 0.6 is 11.3 Å². The van der Waals surface area contributed by atoms with Gasteiger partial charge < -0.3 is 0 Å². The van der Waals surface area contributed by atoms with Gasteiger partial charge in [0.15, 0.2) is 0 Å². The van der Waals surface area contributed by atoms with Crippen molar-refractivity contribution in [2.75, 3.05) is 0 Å². The van der Waals surface area contributed by atoms with E-state index in [0.29, 0.717) is 0 Å². The molecule has 3 rings (SSSR count). The zero-order chi connectivity index (χ0) is 8.84. The molecule has 0 unspecified atom stereocenters. The number of halogens is 1. The lowest BCUT2D eigenvalue weighted by molar-refractivity contribution is 0.641. The van der Waals surface area contributed by atoms with E-state index in [1.165, 1.54) is 35.8 Å². The molecular formula is C11H9FS. The highest BCUT2D eigenvalue weighted by Crippen LogP contribution is 2.45. The van der Waals surface area contributed by atoms with Gasteiger partial charge in [0, 0.05) is 0 Å². The highest BCUT2D eigenvalue weighted by atomic mass is 32.1. The fourth-order valence-corrected chi connectivity index (χ4v) is 2.81. The SMILES string of the molecule is Fc1cccc2c(C3CC3)csc12. The number of rotatable bonds is 1. The first kappa shape index (κ1) is 7.51. The molecule has 2 aromatic rings. The van der Waals surface area contributed by atoms with Gasteiger partial charge in [-0.15, -0.1) is 11.3 Å². The van der Waals surface area contributed by atoms with Crippen LogP contribution in [0.2, 0.25) is 0 Å². The molecule has 0 saturated heterocycles. The number of hydrogen-bond acceptors (Lipinski definition) is 1. The van der Waals surface area contributed by atoms with E-state index >= 15 is 0 Å². The van der Waals surface area contributed by atoms with Gasteiger partial charge in [0.25, 0.3) is 0 Å². The molecule has 1 aliphatic carbocycles. The van der Waals surface area contributed by atoms with Gasteiger partial charge in [-0.3, -0.25) is 0 Å². The van der Waals surface area contributed by atoms with E-state index in [4.69, 9.17) is 0 Å². The summed E-state index contributed by atoms with van der Waals surface area (Å²) in [4.78, 5) is 0. The first-order valence-electron chi connectivity index (χ1n) is 4.52. The third kappa shape index (κ3) is 1.09. The molecule has 1 fully saturated rings. The summed E-state index contributed by atoms with van der Waals surface area (Å²) in [5.74, 6) is 0.643. The van der Waals surface area contributed by atoms with Crippen molar-refractivity contribution in [1.29, 1.82) is 0 Å². The summed E-state index contributed by atoms with van der Waals surface area (Å²) in [7, 11) is 0. The summed E-state index contributed by atoms with van der Waals surface area (Å²) in [5.41, 5.74) is 1.36. The van der Waals surface area contributed by atoms with Gasteiger partial charge in [0.05, 0.1) is 4.70 Å². The summed E-state index contributed by atoms with van der Waals surface area (Å²) < 4.78 is 14.1. The van der Waals surface area contributed by atoms with Gasteiger partial charge in [-0.25, -0.2) is 4.39 Å². The molecule has 0 radical (unpaired) electrons. The standard InChI is InChI=1S/C11H9FS/c12-10-3-1-2-8-9(7-4-5-7)6-13-11(8)10/h1-3,6-7H,4-5H2. The van der Waals surface area contributed by atoms with Crippen LogP contribution in [0.25, 0.3) is 10.1 Å². The molecule has 0 amide bonds.